The van der Waals surface area contributed by atoms with E-state index in [1.807, 2.05) is 56.4 Å². The van der Waals surface area contributed by atoms with Crippen LogP contribution in [0.5, 0.6) is 0 Å². The van der Waals surface area contributed by atoms with Crippen molar-refractivity contribution in [1.29, 1.82) is 0 Å². The third-order valence-corrected chi connectivity index (χ3v) is 6.78. The number of aromatic nitrogens is 3. The summed E-state index contributed by atoms with van der Waals surface area (Å²) in [6.07, 6.45) is 3.65. The highest BCUT2D eigenvalue weighted by molar-refractivity contribution is 9.10. The van der Waals surface area contributed by atoms with E-state index in [1.54, 1.807) is 10.6 Å². The Labute approximate surface area is 205 Å². The lowest BCUT2D eigenvalue weighted by atomic mass is 10.1. The summed E-state index contributed by atoms with van der Waals surface area (Å²) < 4.78 is 2.51. The van der Waals surface area contributed by atoms with Gasteiger partial charge in [0.25, 0.3) is 5.91 Å². The van der Waals surface area contributed by atoms with Gasteiger partial charge in [0.1, 0.15) is 5.52 Å². The predicted octanol–water partition coefficient (Wildman–Crippen LogP) is 3.40. The van der Waals surface area contributed by atoms with Crippen LogP contribution in [0.2, 0.25) is 0 Å². The highest BCUT2D eigenvalue weighted by Crippen LogP contribution is 2.28. The average molecular weight is 523 g/mol. The van der Waals surface area contributed by atoms with Crippen LogP contribution in [-0.2, 0) is 6.54 Å². The fourth-order valence-corrected chi connectivity index (χ4v) is 5.11. The number of rotatable bonds is 5. The molecule has 1 amide bonds. The number of fused-ring (bicyclic) bond motifs is 3. The van der Waals surface area contributed by atoms with Crippen LogP contribution in [0, 0.1) is 0 Å². The van der Waals surface area contributed by atoms with Gasteiger partial charge in [0.15, 0.2) is 0 Å². The van der Waals surface area contributed by atoms with Crippen LogP contribution >= 0.6 is 15.9 Å². The molecule has 0 radical (unpaired) electrons. The largest absolute Gasteiger partial charge is 0.368 e. The zero-order valence-electron chi connectivity index (χ0n) is 19.2. The molecule has 9 heteroatoms. The minimum atomic E-state index is -0.154. The number of carbonyl (C=O) groups excluding carboxylic acids is 1. The first kappa shape index (κ1) is 22.6. The maximum Gasteiger partial charge on any atom is 0.330 e. The summed E-state index contributed by atoms with van der Waals surface area (Å²) in [4.78, 5) is 36.9. The maximum atomic E-state index is 12.3. The zero-order chi connectivity index (χ0) is 23.8. The minimum Gasteiger partial charge on any atom is -0.368 e. The summed E-state index contributed by atoms with van der Waals surface area (Å²) in [6, 6.07) is 11.7. The van der Waals surface area contributed by atoms with E-state index in [4.69, 9.17) is 0 Å². The van der Waals surface area contributed by atoms with Crippen molar-refractivity contribution in [3.05, 3.63) is 74.9 Å². The summed E-state index contributed by atoms with van der Waals surface area (Å²) in [5.41, 5.74) is 5.06. The number of nitrogens with one attached hydrogen (secondary N) is 2. The molecule has 2 N–H and O–H groups in total. The molecule has 176 valence electrons. The van der Waals surface area contributed by atoms with Gasteiger partial charge in [-0.25, -0.2) is 4.79 Å². The van der Waals surface area contributed by atoms with Gasteiger partial charge in [-0.05, 0) is 71.7 Å². The first-order valence-corrected chi connectivity index (χ1v) is 12.2. The molecule has 34 heavy (non-hydrogen) atoms. The van der Waals surface area contributed by atoms with E-state index in [1.165, 1.54) is 0 Å². The number of halogens is 1. The molecule has 1 fully saturated rings. The van der Waals surface area contributed by atoms with Gasteiger partial charge in [-0.3, -0.25) is 19.1 Å². The Bertz CT molecular complexity index is 1420. The number of carbonyl (C=O) groups is 1. The molecule has 0 spiro atoms. The molecule has 0 bridgehead atoms. The van der Waals surface area contributed by atoms with Crippen molar-refractivity contribution in [3.63, 3.8) is 0 Å². The highest BCUT2D eigenvalue weighted by atomic mass is 79.9. The minimum absolute atomic E-state index is 0.0601. The van der Waals surface area contributed by atoms with Crippen molar-refractivity contribution in [2.45, 2.75) is 26.4 Å². The van der Waals surface area contributed by atoms with Gasteiger partial charge in [-0.1, -0.05) is 0 Å². The lowest BCUT2D eigenvalue weighted by Gasteiger charge is -2.36. The van der Waals surface area contributed by atoms with Crippen molar-refractivity contribution in [2.24, 2.45) is 0 Å². The average Bonchev–Trinajstić information content (AvgIpc) is 3.30. The van der Waals surface area contributed by atoms with E-state index in [9.17, 15) is 9.59 Å². The Kier molecular flexibility index (Phi) is 6.14. The molecule has 4 aromatic rings. The van der Waals surface area contributed by atoms with Crippen molar-refractivity contribution < 1.29 is 4.79 Å². The number of H-pyrrole nitrogens is 1. The second kappa shape index (κ2) is 9.23. The van der Waals surface area contributed by atoms with Gasteiger partial charge in [0.05, 0.1) is 16.7 Å². The molecular formula is C25H27BrN6O2. The Morgan fingerprint density at radius 1 is 1.18 bits per heavy atom. The van der Waals surface area contributed by atoms with Crippen molar-refractivity contribution >= 4 is 44.1 Å². The first-order chi connectivity index (χ1) is 16.4. The molecule has 1 aliphatic rings. The van der Waals surface area contributed by atoms with Gasteiger partial charge in [0.2, 0.25) is 0 Å². The quantitative estimate of drug-likeness (QED) is 0.419. The number of aromatic amines is 1. The monoisotopic (exact) mass is 522 g/mol. The Morgan fingerprint density at radius 2 is 1.97 bits per heavy atom. The van der Waals surface area contributed by atoms with Crippen LogP contribution in [0.3, 0.4) is 0 Å². The third-order valence-electron chi connectivity index (χ3n) is 6.14. The summed E-state index contributed by atoms with van der Waals surface area (Å²) >= 11 is 3.65. The van der Waals surface area contributed by atoms with Crippen LogP contribution in [0.25, 0.3) is 16.6 Å². The van der Waals surface area contributed by atoms with Crippen molar-refractivity contribution in [1.82, 2.24) is 24.6 Å². The maximum absolute atomic E-state index is 12.3. The molecule has 0 saturated carbocycles. The lowest BCUT2D eigenvalue weighted by Crippen LogP contribution is -2.46. The molecule has 8 nitrogen and oxygen atoms in total. The van der Waals surface area contributed by atoms with Crippen LogP contribution in [0.4, 0.5) is 5.69 Å². The normalized spacial score (nSPS) is 14.9. The standard InChI is InChI=1S/C25H27BrN6O2/c1-16(2)28-24(33)18-5-6-21(19(26)13-18)31-10-8-30(9-11-31)15-17-12-20-23(27-14-17)22-4-3-7-32(22)25(34)29-20/h3-7,12-14,16H,8-11,15H2,1-2H3,(H,28,33)(H,29,34). The molecular weight excluding hydrogens is 496 g/mol. The third kappa shape index (κ3) is 4.45. The van der Waals surface area contributed by atoms with Crippen LogP contribution in [0.15, 0.2) is 58.1 Å². The second-order valence-electron chi connectivity index (χ2n) is 8.99. The predicted molar refractivity (Wildman–Crippen MR) is 138 cm³/mol. The first-order valence-electron chi connectivity index (χ1n) is 11.4. The van der Waals surface area contributed by atoms with Crippen LogP contribution in [0.1, 0.15) is 29.8 Å². The number of benzene rings is 1. The number of piperazine rings is 1. The van der Waals surface area contributed by atoms with Crippen LogP contribution < -0.4 is 15.9 Å². The summed E-state index contributed by atoms with van der Waals surface area (Å²) in [7, 11) is 0. The number of amides is 1. The molecule has 4 heterocycles. The molecule has 1 aliphatic heterocycles. The SMILES string of the molecule is CC(C)NC(=O)c1ccc(N2CCN(Cc3cnc4c(c3)[nH]c(=O)n3cccc43)CC2)c(Br)c1. The number of pyridine rings is 1. The molecule has 3 aromatic heterocycles. The topological polar surface area (TPSA) is 85.7 Å². The van der Waals surface area contributed by atoms with Gasteiger partial charge in [-0.15, -0.1) is 0 Å². The fraction of sp³-hybridized carbons (Fsp3) is 0.320. The molecule has 5 rings (SSSR count). The lowest BCUT2D eigenvalue weighted by molar-refractivity contribution is 0.0943. The number of anilines is 1. The molecule has 1 aromatic carbocycles. The van der Waals surface area contributed by atoms with Gasteiger partial charge in [0, 0.05) is 61.2 Å². The molecule has 1 saturated heterocycles. The Morgan fingerprint density at radius 3 is 2.71 bits per heavy atom. The highest BCUT2D eigenvalue weighted by Gasteiger charge is 2.20. The number of nitrogens with zero attached hydrogens (tertiary/aromatic N) is 4. The Balaban J connectivity index is 1.25. The summed E-state index contributed by atoms with van der Waals surface area (Å²) in [5.74, 6) is -0.0601. The smallest absolute Gasteiger partial charge is 0.330 e. The van der Waals surface area contributed by atoms with E-state index < -0.39 is 0 Å². The summed E-state index contributed by atoms with van der Waals surface area (Å²) in [5, 5.41) is 2.93. The number of hydrogen-bond acceptors (Lipinski definition) is 5. The number of hydrogen-bond donors (Lipinski definition) is 2. The van der Waals surface area contributed by atoms with E-state index in [0.29, 0.717) is 5.56 Å². The van der Waals surface area contributed by atoms with Crippen LogP contribution in [-0.4, -0.2) is 57.4 Å². The Hall–Kier alpha value is -3.17. The van der Waals surface area contributed by atoms with E-state index >= 15 is 0 Å². The van der Waals surface area contributed by atoms with Gasteiger partial charge < -0.3 is 15.2 Å². The van der Waals surface area contributed by atoms with E-state index in [-0.39, 0.29) is 17.6 Å². The van der Waals surface area contributed by atoms with Crippen molar-refractivity contribution in [2.75, 3.05) is 31.1 Å². The second-order valence-corrected chi connectivity index (χ2v) is 9.85. The van der Waals surface area contributed by atoms with Gasteiger partial charge in [-0.2, -0.15) is 0 Å². The molecule has 0 aliphatic carbocycles. The fourth-order valence-electron chi connectivity index (χ4n) is 4.48. The molecule has 0 atom stereocenters. The van der Waals surface area contributed by atoms with Crippen molar-refractivity contribution in [3.8, 4) is 0 Å². The van der Waals surface area contributed by atoms with E-state index in [0.717, 1.165) is 65.0 Å². The van der Waals surface area contributed by atoms with E-state index in [2.05, 4.69) is 41.0 Å². The van der Waals surface area contributed by atoms with Gasteiger partial charge >= 0.3 is 5.69 Å². The molecule has 0 unspecified atom stereocenters. The zero-order valence-corrected chi connectivity index (χ0v) is 20.8. The summed E-state index contributed by atoms with van der Waals surface area (Å²) in [6.45, 7) is 8.28.